The average Bonchev–Trinajstić information content (AvgIpc) is 2.84. The Hall–Kier alpha value is -2.04. The Morgan fingerprint density at radius 2 is 2.16 bits per heavy atom. The summed E-state index contributed by atoms with van der Waals surface area (Å²) < 4.78 is 6.84. The molecule has 0 bridgehead atoms. The first kappa shape index (κ1) is 13.4. The van der Waals surface area contributed by atoms with Crippen LogP contribution in [0, 0.1) is 5.92 Å². The van der Waals surface area contributed by atoms with E-state index < -0.39 is 0 Å². The lowest BCUT2D eigenvalue weighted by Crippen LogP contribution is -2.00. The van der Waals surface area contributed by atoms with Crippen molar-refractivity contribution in [3.05, 3.63) is 30.1 Å². The van der Waals surface area contributed by atoms with Crippen molar-refractivity contribution in [3.63, 3.8) is 0 Å². The molecule has 102 valence electrons. The number of hydrogen-bond donors (Lipinski definition) is 1. The third-order valence-electron chi connectivity index (χ3n) is 3.00. The van der Waals surface area contributed by atoms with E-state index in [2.05, 4.69) is 24.2 Å². The molecule has 1 aromatic carbocycles. The third kappa shape index (κ3) is 3.24. The Kier molecular flexibility index (Phi) is 4.04. The van der Waals surface area contributed by atoms with Crippen LogP contribution in [0.15, 0.2) is 24.4 Å². The molecule has 0 fully saturated rings. The molecule has 0 unspecified atom stereocenters. The van der Waals surface area contributed by atoms with Crippen molar-refractivity contribution in [1.29, 1.82) is 0 Å². The Balaban J connectivity index is 2.18. The summed E-state index contributed by atoms with van der Waals surface area (Å²) in [5, 5.41) is 8.30. The van der Waals surface area contributed by atoms with E-state index in [1.54, 1.807) is 17.9 Å². The molecular weight excluding hydrogens is 240 g/mol. The maximum absolute atomic E-state index is 5.99. The van der Waals surface area contributed by atoms with E-state index in [1.807, 2.05) is 18.3 Å². The summed E-state index contributed by atoms with van der Waals surface area (Å²) in [6.07, 6.45) is 3.98. The fourth-order valence-electron chi connectivity index (χ4n) is 1.84. The van der Waals surface area contributed by atoms with Crippen LogP contribution in [-0.4, -0.2) is 22.1 Å². The monoisotopic (exact) mass is 260 g/mol. The SMILES string of the molecule is COc1ccc(-n2cc(CCC(C)C)nn2)c(N)c1. The van der Waals surface area contributed by atoms with Crippen LogP contribution in [0.2, 0.25) is 0 Å². The number of benzene rings is 1. The number of aryl methyl sites for hydroxylation is 1. The van der Waals surface area contributed by atoms with Gasteiger partial charge in [-0.3, -0.25) is 0 Å². The van der Waals surface area contributed by atoms with E-state index in [4.69, 9.17) is 10.5 Å². The predicted molar refractivity (Wildman–Crippen MR) is 75.5 cm³/mol. The van der Waals surface area contributed by atoms with E-state index in [9.17, 15) is 0 Å². The van der Waals surface area contributed by atoms with Crippen LogP contribution in [0.25, 0.3) is 5.69 Å². The number of nitrogens with two attached hydrogens (primary N) is 1. The fraction of sp³-hybridized carbons (Fsp3) is 0.429. The minimum atomic E-state index is 0.625. The van der Waals surface area contributed by atoms with Gasteiger partial charge >= 0.3 is 0 Å². The fourth-order valence-corrected chi connectivity index (χ4v) is 1.84. The van der Waals surface area contributed by atoms with E-state index in [0.717, 1.165) is 30.0 Å². The summed E-state index contributed by atoms with van der Waals surface area (Å²) in [6, 6.07) is 5.53. The first-order chi connectivity index (χ1) is 9.10. The van der Waals surface area contributed by atoms with Gasteiger partial charge in [0.15, 0.2) is 0 Å². The molecule has 0 aliphatic heterocycles. The molecule has 0 aliphatic rings. The van der Waals surface area contributed by atoms with Gasteiger partial charge in [-0.15, -0.1) is 5.10 Å². The molecule has 0 atom stereocenters. The van der Waals surface area contributed by atoms with Gasteiger partial charge < -0.3 is 10.5 Å². The summed E-state index contributed by atoms with van der Waals surface area (Å²) in [5.74, 6) is 1.40. The van der Waals surface area contributed by atoms with Gasteiger partial charge in [-0.2, -0.15) is 0 Å². The number of nitrogens with zero attached hydrogens (tertiary/aromatic N) is 3. The van der Waals surface area contributed by atoms with Crippen LogP contribution in [0.3, 0.4) is 0 Å². The van der Waals surface area contributed by atoms with Gasteiger partial charge in [0, 0.05) is 6.07 Å². The van der Waals surface area contributed by atoms with Crippen molar-refractivity contribution in [2.45, 2.75) is 26.7 Å². The molecule has 0 radical (unpaired) electrons. The van der Waals surface area contributed by atoms with Gasteiger partial charge in [-0.25, -0.2) is 4.68 Å². The van der Waals surface area contributed by atoms with Crippen molar-refractivity contribution in [2.24, 2.45) is 5.92 Å². The van der Waals surface area contributed by atoms with Crippen molar-refractivity contribution in [3.8, 4) is 11.4 Å². The molecule has 19 heavy (non-hydrogen) atoms. The normalized spacial score (nSPS) is 10.9. The van der Waals surface area contributed by atoms with E-state index in [1.165, 1.54) is 0 Å². The molecular formula is C14H20N4O. The number of aromatic nitrogens is 3. The number of hydrogen-bond acceptors (Lipinski definition) is 4. The molecule has 0 aliphatic carbocycles. The minimum absolute atomic E-state index is 0.625. The maximum atomic E-state index is 5.99. The van der Waals surface area contributed by atoms with Gasteiger partial charge in [0.05, 0.1) is 30.4 Å². The molecule has 0 saturated heterocycles. The summed E-state index contributed by atoms with van der Waals surface area (Å²) in [5.41, 5.74) is 8.43. The zero-order chi connectivity index (χ0) is 13.8. The van der Waals surface area contributed by atoms with Gasteiger partial charge in [-0.1, -0.05) is 19.1 Å². The van der Waals surface area contributed by atoms with Crippen molar-refractivity contribution in [1.82, 2.24) is 15.0 Å². The number of methoxy groups -OCH3 is 1. The number of nitrogen functional groups attached to an aromatic ring is 1. The Bertz CT molecular complexity index is 548. The molecule has 5 heteroatoms. The lowest BCUT2D eigenvalue weighted by Gasteiger charge is -2.06. The largest absolute Gasteiger partial charge is 0.497 e. The third-order valence-corrected chi connectivity index (χ3v) is 3.00. The van der Waals surface area contributed by atoms with E-state index in [0.29, 0.717) is 11.6 Å². The highest BCUT2D eigenvalue weighted by Crippen LogP contribution is 2.22. The average molecular weight is 260 g/mol. The Morgan fingerprint density at radius 1 is 1.37 bits per heavy atom. The van der Waals surface area contributed by atoms with E-state index in [-0.39, 0.29) is 0 Å². The number of rotatable bonds is 5. The minimum Gasteiger partial charge on any atom is -0.497 e. The van der Waals surface area contributed by atoms with Crippen molar-refractivity contribution < 1.29 is 4.74 Å². The van der Waals surface area contributed by atoms with Gasteiger partial charge in [0.1, 0.15) is 5.75 Å². The molecule has 5 nitrogen and oxygen atoms in total. The topological polar surface area (TPSA) is 66.0 Å². The number of ether oxygens (including phenoxy) is 1. The summed E-state index contributed by atoms with van der Waals surface area (Å²) >= 11 is 0. The Labute approximate surface area is 113 Å². The molecule has 2 rings (SSSR count). The van der Waals surface area contributed by atoms with Crippen LogP contribution in [0.1, 0.15) is 26.0 Å². The quantitative estimate of drug-likeness (QED) is 0.839. The second-order valence-electron chi connectivity index (χ2n) is 5.01. The second-order valence-corrected chi connectivity index (χ2v) is 5.01. The molecule has 0 saturated carbocycles. The highest BCUT2D eigenvalue weighted by molar-refractivity contribution is 5.60. The molecule has 1 aromatic heterocycles. The summed E-state index contributed by atoms with van der Waals surface area (Å²) in [4.78, 5) is 0. The second kappa shape index (κ2) is 5.73. The standard InChI is InChI=1S/C14H20N4O/c1-10(2)4-5-11-9-18(17-16-11)14-7-6-12(19-3)8-13(14)15/h6-10H,4-5,15H2,1-3H3. The Morgan fingerprint density at radius 3 is 2.79 bits per heavy atom. The van der Waals surface area contributed by atoms with Crippen molar-refractivity contribution in [2.75, 3.05) is 12.8 Å². The van der Waals surface area contributed by atoms with E-state index >= 15 is 0 Å². The molecule has 2 aromatic rings. The molecule has 0 amide bonds. The summed E-state index contributed by atoms with van der Waals surface area (Å²) in [6.45, 7) is 4.40. The van der Waals surface area contributed by atoms with Crippen LogP contribution in [-0.2, 0) is 6.42 Å². The van der Waals surface area contributed by atoms with Crippen LogP contribution in [0.4, 0.5) is 5.69 Å². The van der Waals surface area contributed by atoms with Crippen LogP contribution in [0.5, 0.6) is 5.75 Å². The van der Waals surface area contributed by atoms with Gasteiger partial charge in [0.25, 0.3) is 0 Å². The highest BCUT2D eigenvalue weighted by atomic mass is 16.5. The zero-order valence-corrected chi connectivity index (χ0v) is 11.6. The lowest BCUT2D eigenvalue weighted by atomic mass is 10.1. The number of anilines is 1. The first-order valence-electron chi connectivity index (χ1n) is 6.45. The first-order valence-corrected chi connectivity index (χ1v) is 6.45. The van der Waals surface area contributed by atoms with Crippen LogP contribution >= 0.6 is 0 Å². The smallest absolute Gasteiger partial charge is 0.121 e. The maximum Gasteiger partial charge on any atom is 0.121 e. The summed E-state index contributed by atoms with van der Waals surface area (Å²) in [7, 11) is 1.62. The predicted octanol–water partition coefficient (Wildman–Crippen LogP) is 2.45. The molecule has 1 heterocycles. The van der Waals surface area contributed by atoms with Crippen molar-refractivity contribution >= 4 is 5.69 Å². The lowest BCUT2D eigenvalue weighted by molar-refractivity contribution is 0.415. The van der Waals surface area contributed by atoms with Crippen LogP contribution < -0.4 is 10.5 Å². The van der Waals surface area contributed by atoms with Gasteiger partial charge in [-0.05, 0) is 30.9 Å². The zero-order valence-electron chi connectivity index (χ0n) is 11.6. The highest BCUT2D eigenvalue weighted by Gasteiger charge is 2.07. The van der Waals surface area contributed by atoms with Gasteiger partial charge in [0.2, 0.25) is 0 Å². The molecule has 0 spiro atoms. The molecule has 2 N–H and O–H groups in total.